The third kappa shape index (κ3) is 2.20. The summed E-state index contributed by atoms with van der Waals surface area (Å²) >= 11 is 0. The molecule has 0 saturated carbocycles. The number of carboxylic acid groups (broad SMARTS) is 1. The number of aromatic carboxylic acids is 1. The maximum atomic E-state index is 11.4. The van der Waals surface area contributed by atoms with Gasteiger partial charge in [0.15, 0.2) is 5.69 Å². The van der Waals surface area contributed by atoms with E-state index in [4.69, 9.17) is 9.63 Å². The van der Waals surface area contributed by atoms with E-state index in [9.17, 15) is 9.59 Å². The van der Waals surface area contributed by atoms with Gasteiger partial charge < -0.3 is 9.63 Å². The number of benzene rings is 1. The van der Waals surface area contributed by atoms with Crippen LogP contribution in [0, 0.1) is 13.8 Å². The molecule has 0 radical (unpaired) electrons. The van der Waals surface area contributed by atoms with Gasteiger partial charge in [-0.3, -0.25) is 0 Å². The van der Waals surface area contributed by atoms with Crippen molar-refractivity contribution in [3.8, 4) is 0 Å². The summed E-state index contributed by atoms with van der Waals surface area (Å²) in [5.74, 6) is -1.16. The molecule has 0 aliphatic heterocycles. The van der Waals surface area contributed by atoms with Gasteiger partial charge in [-0.2, -0.15) is 4.74 Å². The van der Waals surface area contributed by atoms with Crippen LogP contribution in [-0.2, 0) is 6.54 Å². The molecular formula is C13H13NO4. The molecular weight excluding hydrogens is 234 g/mol. The summed E-state index contributed by atoms with van der Waals surface area (Å²) in [6, 6.07) is 7.58. The van der Waals surface area contributed by atoms with Crippen molar-refractivity contribution in [2.45, 2.75) is 20.4 Å². The fourth-order valence-corrected chi connectivity index (χ4v) is 1.74. The summed E-state index contributed by atoms with van der Waals surface area (Å²) in [4.78, 5) is 22.4. The predicted molar refractivity (Wildman–Crippen MR) is 64.9 cm³/mol. The van der Waals surface area contributed by atoms with E-state index in [0.29, 0.717) is 0 Å². The van der Waals surface area contributed by atoms with Crippen molar-refractivity contribution in [2.24, 2.45) is 0 Å². The Morgan fingerprint density at radius 2 is 1.89 bits per heavy atom. The fourth-order valence-electron chi connectivity index (χ4n) is 1.74. The maximum absolute atomic E-state index is 11.4. The number of aryl methyl sites for hydroxylation is 1. The van der Waals surface area contributed by atoms with Crippen LogP contribution in [0.3, 0.4) is 0 Å². The highest BCUT2D eigenvalue weighted by molar-refractivity contribution is 5.87. The van der Waals surface area contributed by atoms with Gasteiger partial charge in [-0.05, 0) is 19.4 Å². The Kier molecular flexibility index (Phi) is 3.06. The summed E-state index contributed by atoms with van der Waals surface area (Å²) in [7, 11) is 0. The lowest BCUT2D eigenvalue weighted by molar-refractivity contribution is 0.0669. The first kappa shape index (κ1) is 12.2. The number of hydrogen-bond acceptors (Lipinski definition) is 3. The lowest BCUT2D eigenvalue weighted by Gasteiger charge is -2.04. The molecule has 0 unspecified atom stereocenters. The summed E-state index contributed by atoms with van der Waals surface area (Å²) in [6.45, 7) is 3.64. The normalized spacial score (nSPS) is 10.6. The first-order chi connectivity index (χ1) is 8.49. The second-order valence-electron chi connectivity index (χ2n) is 4.18. The topological polar surface area (TPSA) is 72.4 Å². The Bertz CT molecular complexity index is 634. The van der Waals surface area contributed by atoms with Crippen molar-refractivity contribution in [2.75, 3.05) is 0 Å². The second kappa shape index (κ2) is 4.52. The predicted octanol–water partition coefficient (Wildman–Crippen LogP) is 1.80. The van der Waals surface area contributed by atoms with Gasteiger partial charge in [-0.25, -0.2) is 9.59 Å². The van der Waals surface area contributed by atoms with Crippen LogP contribution in [0.4, 0.5) is 0 Å². The average Bonchev–Trinajstić information content (AvgIpc) is 2.58. The molecule has 1 heterocycles. The lowest BCUT2D eigenvalue weighted by atomic mass is 10.1. The minimum Gasteiger partial charge on any atom is -0.476 e. The smallest absolute Gasteiger partial charge is 0.361 e. The van der Waals surface area contributed by atoms with Crippen LogP contribution in [0.1, 0.15) is 27.2 Å². The highest BCUT2D eigenvalue weighted by atomic mass is 16.5. The van der Waals surface area contributed by atoms with E-state index in [0.717, 1.165) is 15.9 Å². The SMILES string of the molecule is Cc1ccc(Cn2oc(=O)c(C)c2C(=O)O)cc1. The Labute approximate surface area is 103 Å². The van der Waals surface area contributed by atoms with E-state index in [1.165, 1.54) is 6.92 Å². The first-order valence-corrected chi connectivity index (χ1v) is 5.48. The molecule has 0 aliphatic carbocycles. The summed E-state index contributed by atoms with van der Waals surface area (Å²) in [5, 5.41) is 9.06. The average molecular weight is 247 g/mol. The second-order valence-corrected chi connectivity index (χ2v) is 4.18. The van der Waals surface area contributed by atoms with Gasteiger partial charge in [0.2, 0.25) is 0 Å². The molecule has 0 amide bonds. The van der Waals surface area contributed by atoms with E-state index in [2.05, 4.69) is 0 Å². The molecule has 0 aliphatic rings. The standard InChI is InChI=1S/C13H13NO4/c1-8-3-5-10(6-4-8)7-14-11(12(15)16)9(2)13(17)18-14/h3-6H,7H2,1-2H3,(H,15,16). The largest absolute Gasteiger partial charge is 0.476 e. The molecule has 0 spiro atoms. The third-order valence-electron chi connectivity index (χ3n) is 2.75. The van der Waals surface area contributed by atoms with Crippen LogP contribution >= 0.6 is 0 Å². The van der Waals surface area contributed by atoms with Crippen LogP contribution in [0.25, 0.3) is 0 Å². The molecule has 5 heteroatoms. The maximum Gasteiger partial charge on any atom is 0.361 e. The number of carbonyl (C=O) groups is 1. The molecule has 1 aromatic carbocycles. The molecule has 1 aromatic heterocycles. The van der Waals surface area contributed by atoms with Gasteiger partial charge in [0.05, 0.1) is 12.1 Å². The van der Waals surface area contributed by atoms with Gasteiger partial charge in [0.25, 0.3) is 0 Å². The fraction of sp³-hybridized carbons (Fsp3) is 0.231. The molecule has 2 aromatic rings. The first-order valence-electron chi connectivity index (χ1n) is 5.48. The van der Waals surface area contributed by atoms with Crippen LogP contribution in [0.2, 0.25) is 0 Å². The van der Waals surface area contributed by atoms with E-state index >= 15 is 0 Å². The molecule has 0 atom stereocenters. The zero-order valence-electron chi connectivity index (χ0n) is 10.1. The number of aromatic nitrogens is 1. The monoisotopic (exact) mass is 247 g/mol. The minimum atomic E-state index is -1.16. The molecule has 0 bridgehead atoms. The summed E-state index contributed by atoms with van der Waals surface area (Å²) < 4.78 is 6.04. The van der Waals surface area contributed by atoms with E-state index < -0.39 is 11.6 Å². The highest BCUT2D eigenvalue weighted by Gasteiger charge is 2.19. The third-order valence-corrected chi connectivity index (χ3v) is 2.75. The molecule has 18 heavy (non-hydrogen) atoms. The van der Waals surface area contributed by atoms with Crippen LogP contribution in [-0.4, -0.2) is 15.8 Å². The number of carboxylic acids is 1. The molecule has 2 rings (SSSR count). The van der Waals surface area contributed by atoms with Crippen molar-refractivity contribution in [3.63, 3.8) is 0 Å². The zero-order chi connectivity index (χ0) is 13.3. The highest BCUT2D eigenvalue weighted by Crippen LogP contribution is 2.10. The molecule has 0 saturated heterocycles. The van der Waals surface area contributed by atoms with Crippen molar-refractivity contribution in [1.82, 2.24) is 4.74 Å². The summed E-state index contributed by atoms with van der Waals surface area (Å²) in [6.07, 6.45) is 0. The van der Waals surface area contributed by atoms with Crippen LogP contribution in [0.5, 0.6) is 0 Å². The number of hydrogen-bond donors (Lipinski definition) is 1. The van der Waals surface area contributed by atoms with Crippen molar-refractivity contribution >= 4 is 5.97 Å². The van der Waals surface area contributed by atoms with Crippen molar-refractivity contribution in [3.05, 3.63) is 57.1 Å². The Hall–Kier alpha value is -2.30. The zero-order valence-corrected chi connectivity index (χ0v) is 10.1. The van der Waals surface area contributed by atoms with Crippen LogP contribution in [0.15, 0.2) is 33.6 Å². The molecule has 0 fully saturated rings. The van der Waals surface area contributed by atoms with Gasteiger partial charge in [0, 0.05) is 0 Å². The quantitative estimate of drug-likeness (QED) is 0.897. The lowest BCUT2D eigenvalue weighted by Crippen LogP contribution is -2.10. The van der Waals surface area contributed by atoms with E-state index in [-0.39, 0.29) is 17.8 Å². The Morgan fingerprint density at radius 1 is 1.28 bits per heavy atom. The van der Waals surface area contributed by atoms with E-state index in [1.807, 2.05) is 31.2 Å². The number of nitrogens with zero attached hydrogens (tertiary/aromatic N) is 1. The molecule has 5 nitrogen and oxygen atoms in total. The van der Waals surface area contributed by atoms with E-state index in [1.54, 1.807) is 0 Å². The van der Waals surface area contributed by atoms with Crippen LogP contribution < -0.4 is 5.63 Å². The Balaban J connectivity index is 2.40. The van der Waals surface area contributed by atoms with Gasteiger partial charge in [0.1, 0.15) is 0 Å². The summed E-state index contributed by atoms with van der Waals surface area (Å²) in [5.41, 5.74) is 1.40. The minimum absolute atomic E-state index is 0.0967. The number of rotatable bonds is 3. The van der Waals surface area contributed by atoms with Crippen molar-refractivity contribution in [1.29, 1.82) is 0 Å². The van der Waals surface area contributed by atoms with Gasteiger partial charge in [-0.1, -0.05) is 29.8 Å². The van der Waals surface area contributed by atoms with Crippen molar-refractivity contribution < 1.29 is 14.4 Å². The molecule has 1 N–H and O–H groups in total. The Morgan fingerprint density at radius 3 is 2.44 bits per heavy atom. The van der Waals surface area contributed by atoms with Gasteiger partial charge in [-0.15, -0.1) is 0 Å². The molecule has 94 valence electrons. The van der Waals surface area contributed by atoms with Gasteiger partial charge >= 0.3 is 11.6 Å².